The van der Waals surface area contributed by atoms with Crippen molar-refractivity contribution in [1.82, 2.24) is 0 Å². The number of esters is 2. The highest BCUT2D eigenvalue weighted by Gasteiger charge is 2.44. The van der Waals surface area contributed by atoms with E-state index in [4.69, 9.17) is 37.9 Å². The van der Waals surface area contributed by atoms with Gasteiger partial charge in [-0.2, -0.15) is 0 Å². The first-order valence-corrected chi connectivity index (χ1v) is 14.1. The molecule has 1 aliphatic carbocycles. The van der Waals surface area contributed by atoms with E-state index in [0.717, 1.165) is 0 Å². The molecule has 4 atom stereocenters. The minimum absolute atomic E-state index is 0.0124. The Hall–Kier alpha value is -4.34. The number of carbonyl (C=O) groups excluding carboxylic acids is 2. The second-order valence-electron chi connectivity index (χ2n) is 10.5. The molecule has 43 heavy (non-hydrogen) atoms. The monoisotopic (exact) mass is 596 g/mol. The normalized spacial score (nSPS) is 21.1. The molecule has 0 bridgehead atoms. The van der Waals surface area contributed by atoms with Crippen LogP contribution in [0.2, 0.25) is 0 Å². The summed E-state index contributed by atoms with van der Waals surface area (Å²) in [5.74, 6) is 0.504. The van der Waals surface area contributed by atoms with E-state index in [1.54, 1.807) is 45.9 Å². The van der Waals surface area contributed by atoms with Crippen LogP contribution in [0.1, 0.15) is 64.9 Å². The highest BCUT2D eigenvalue weighted by molar-refractivity contribution is 5.92. The van der Waals surface area contributed by atoms with Crippen molar-refractivity contribution in [1.29, 1.82) is 0 Å². The van der Waals surface area contributed by atoms with Gasteiger partial charge in [0.05, 0.1) is 28.4 Å². The fourth-order valence-electron chi connectivity index (χ4n) is 5.48. The third-order valence-electron chi connectivity index (χ3n) is 8.34. The average Bonchev–Trinajstić information content (AvgIpc) is 3.50. The van der Waals surface area contributed by atoms with Crippen LogP contribution in [0.25, 0.3) is 11.1 Å². The van der Waals surface area contributed by atoms with Gasteiger partial charge in [-0.1, -0.05) is 26.0 Å². The Kier molecular flexibility index (Phi) is 9.47. The molecule has 0 radical (unpaired) electrons. The molecule has 2 aromatic rings. The maximum atomic E-state index is 13.3. The molecule has 10 heteroatoms. The van der Waals surface area contributed by atoms with E-state index in [1.807, 2.05) is 19.9 Å². The third kappa shape index (κ3) is 5.46. The lowest BCUT2D eigenvalue weighted by Gasteiger charge is -2.39. The van der Waals surface area contributed by atoms with Crippen molar-refractivity contribution in [3.63, 3.8) is 0 Å². The molecule has 4 rings (SSSR count). The highest BCUT2D eigenvalue weighted by Crippen LogP contribution is 2.60. The van der Waals surface area contributed by atoms with Crippen LogP contribution in [0.15, 0.2) is 35.4 Å². The summed E-state index contributed by atoms with van der Waals surface area (Å²) in [6.45, 7) is 10.8. The summed E-state index contributed by atoms with van der Waals surface area (Å²) >= 11 is 0. The second-order valence-corrected chi connectivity index (χ2v) is 10.5. The van der Waals surface area contributed by atoms with Crippen LogP contribution in [0.4, 0.5) is 0 Å². The number of ether oxygens (including phenoxy) is 8. The van der Waals surface area contributed by atoms with Gasteiger partial charge in [0.25, 0.3) is 0 Å². The zero-order valence-electron chi connectivity index (χ0n) is 26.4. The van der Waals surface area contributed by atoms with Crippen molar-refractivity contribution in [3.05, 3.63) is 46.6 Å². The molecule has 0 aromatic heterocycles. The standard InChI is InChI=1S/C33H40O10/c1-11-16(3)32(34)42-26-18(5)19(6)27(43-33(35)17(4)12-2)21-14-23-29(41-15-40-23)31(39-10)25(21)24-20(26)13-22(36-7)28(37-8)30(24)38-9/h11-14,18-19,26-27H,15H2,1-10H3/b16-11-,17-12+/t18-,19+,26+,27+/m0/s1. The van der Waals surface area contributed by atoms with Crippen molar-refractivity contribution in [2.45, 2.75) is 53.8 Å². The van der Waals surface area contributed by atoms with Crippen molar-refractivity contribution in [2.75, 3.05) is 35.2 Å². The first-order chi connectivity index (χ1) is 20.6. The van der Waals surface area contributed by atoms with Gasteiger partial charge in [-0.3, -0.25) is 0 Å². The number of carbonyl (C=O) groups is 2. The van der Waals surface area contributed by atoms with Gasteiger partial charge in [-0.05, 0) is 39.8 Å². The summed E-state index contributed by atoms with van der Waals surface area (Å²) in [7, 11) is 6.07. The van der Waals surface area contributed by atoms with Gasteiger partial charge < -0.3 is 37.9 Å². The quantitative estimate of drug-likeness (QED) is 0.247. The number of allylic oxidation sites excluding steroid dienone is 2. The SMILES string of the molecule is C/C=C(/C)C(=O)O[C@H]1c2cc(OC)c(OC)c(OC)c2-c2c(cc3c(c2OC)OCO3)[C@H](OC(=O)/C(C)=C/C)[C@H](C)[C@@H]1C. The molecular weight excluding hydrogens is 556 g/mol. The van der Waals surface area contributed by atoms with Gasteiger partial charge in [-0.25, -0.2) is 9.59 Å². The molecule has 0 fully saturated rings. The predicted octanol–water partition coefficient (Wildman–Crippen LogP) is 6.50. The van der Waals surface area contributed by atoms with E-state index >= 15 is 0 Å². The van der Waals surface area contributed by atoms with Crippen LogP contribution in [0, 0.1) is 11.8 Å². The lowest BCUT2D eigenvalue weighted by atomic mass is 9.74. The number of hydrogen-bond acceptors (Lipinski definition) is 10. The van der Waals surface area contributed by atoms with Gasteiger partial charge in [0.1, 0.15) is 12.2 Å². The van der Waals surface area contributed by atoms with Gasteiger partial charge in [0.15, 0.2) is 23.0 Å². The molecule has 0 amide bonds. The fraction of sp³-hybridized carbons (Fsp3) is 0.455. The van der Waals surface area contributed by atoms with Gasteiger partial charge >= 0.3 is 11.9 Å². The molecule has 0 saturated carbocycles. The summed E-state index contributed by atoms with van der Waals surface area (Å²) in [6, 6.07) is 3.59. The summed E-state index contributed by atoms with van der Waals surface area (Å²) < 4.78 is 47.7. The summed E-state index contributed by atoms with van der Waals surface area (Å²) in [5.41, 5.74) is 3.15. The van der Waals surface area contributed by atoms with Crippen LogP contribution < -0.4 is 28.4 Å². The van der Waals surface area contributed by atoms with Crippen LogP contribution in [-0.2, 0) is 19.1 Å². The maximum absolute atomic E-state index is 13.3. The minimum atomic E-state index is -0.826. The van der Waals surface area contributed by atoms with Gasteiger partial charge in [0.2, 0.25) is 18.3 Å². The number of benzene rings is 2. The van der Waals surface area contributed by atoms with E-state index in [9.17, 15) is 9.59 Å². The van der Waals surface area contributed by atoms with Gasteiger partial charge in [0, 0.05) is 45.2 Å². The van der Waals surface area contributed by atoms with Crippen LogP contribution in [0.5, 0.6) is 34.5 Å². The molecule has 10 nitrogen and oxygen atoms in total. The predicted molar refractivity (Wildman–Crippen MR) is 159 cm³/mol. The molecule has 2 aliphatic rings. The van der Waals surface area contributed by atoms with Crippen LogP contribution in [-0.4, -0.2) is 47.2 Å². The summed E-state index contributed by atoms with van der Waals surface area (Å²) in [6.07, 6.45) is 1.75. The van der Waals surface area contributed by atoms with Crippen molar-refractivity contribution in [2.24, 2.45) is 11.8 Å². The Morgan fingerprint density at radius 1 is 0.721 bits per heavy atom. The number of methoxy groups -OCH3 is 4. The minimum Gasteiger partial charge on any atom is -0.493 e. The van der Waals surface area contributed by atoms with Gasteiger partial charge in [-0.15, -0.1) is 0 Å². The Labute approximate surface area is 252 Å². The van der Waals surface area contributed by atoms with E-state index < -0.39 is 24.1 Å². The average molecular weight is 597 g/mol. The number of hydrogen-bond donors (Lipinski definition) is 0. The smallest absolute Gasteiger partial charge is 0.333 e. The molecule has 2 aromatic carbocycles. The molecule has 0 N–H and O–H groups in total. The summed E-state index contributed by atoms with van der Waals surface area (Å²) in [5, 5.41) is 0. The van der Waals surface area contributed by atoms with Crippen molar-refractivity contribution < 1.29 is 47.5 Å². The topological polar surface area (TPSA) is 108 Å². The van der Waals surface area contributed by atoms with E-state index in [2.05, 4.69) is 0 Å². The highest BCUT2D eigenvalue weighted by atomic mass is 16.7. The molecule has 1 aliphatic heterocycles. The zero-order chi connectivity index (χ0) is 31.6. The van der Waals surface area contributed by atoms with E-state index in [1.165, 1.54) is 28.4 Å². The first kappa shape index (κ1) is 31.6. The molecule has 1 heterocycles. The molecule has 232 valence electrons. The zero-order valence-corrected chi connectivity index (χ0v) is 26.4. The molecular formula is C33H40O10. The fourth-order valence-corrected chi connectivity index (χ4v) is 5.48. The largest absolute Gasteiger partial charge is 0.493 e. The molecule has 0 saturated heterocycles. The maximum Gasteiger partial charge on any atom is 0.333 e. The van der Waals surface area contributed by atoms with Crippen molar-refractivity contribution in [3.8, 4) is 45.6 Å². The Morgan fingerprint density at radius 3 is 1.67 bits per heavy atom. The van der Waals surface area contributed by atoms with Crippen LogP contribution in [0.3, 0.4) is 0 Å². The Balaban J connectivity index is 2.20. The Morgan fingerprint density at radius 2 is 1.21 bits per heavy atom. The lowest BCUT2D eigenvalue weighted by molar-refractivity contribution is -0.156. The van der Waals surface area contributed by atoms with Crippen LogP contribution >= 0.6 is 0 Å². The van der Waals surface area contributed by atoms with E-state index in [-0.39, 0.29) is 18.6 Å². The Bertz CT molecular complexity index is 1470. The third-order valence-corrected chi connectivity index (χ3v) is 8.34. The number of rotatable bonds is 8. The first-order valence-electron chi connectivity index (χ1n) is 14.1. The molecule has 0 spiro atoms. The number of fused-ring (bicyclic) bond motifs is 4. The summed E-state index contributed by atoms with van der Waals surface area (Å²) in [4.78, 5) is 26.6. The molecule has 0 unspecified atom stereocenters. The lowest BCUT2D eigenvalue weighted by Crippen LogP contribution is -2.31. The second kappa shape index (κ2) is 12.9. The van der Waals surface area contributed by atoms with E-state index in [0.29, 0.717) is 67.9 Å². The van der Waals surface area contributed by atoms with Crippen molar-refractivity contribution >= 4 is 11.9 Å².